The fourth-order valence-corrected chi connectivity index (χ4v) is 1.18. The largest absolute Gasteiger partial charge is 0.279 e. The Morgan fingerprint density at radius 2 is 2.40 bits per heavy atom. The summed E-state index contributed by atoms with van der Waals surface area (Å²) in [4.78, 5) is 0. The van der Waals surface area contributed by atoms with Gasteiger partial charge in [0.2, 0.25) is 6.34 Å². The molecule has 0 aliphatic carbocycles. The molecule has 10 heavy (non-hydrogen) atoms. The van der Waals surface area contributed by atoms with Gasteiger partial charge in [0, 0.05) is 6.08 Å². The van der Waals surface area contributed by atoms with E-state index in [1.165, 1.54) is 0 Å². The first-order valence-electron chi connectivity index (χ1n) is 3.16. The van der Waals surface area contributed by atoms with Gasteiger partial charge in [-0.15, -0.1) is 4.59 Å². The molecule has 0 bridgehead atoms. The van der Waals surface area contributed by atoms with E-state index in [0.717, 1.165) is 11.5 Å². The van der Waals surface area contributed by atoms with Crippen LogP contribution in [0.4, 0.5) is 0 Å². The monoisotopic (exact) mass is 137 g/mol. The Hall–Kier alpha value is -1.16. The predicted molar refractivity (Wildman–Crippen MR) is 39.0 cm³/mol. The molecule has 0 saturated heterocycles. The molecule has 0 aromatic heterocycles. The summed E-state index contributed by atoms with van der Waals surface area (Å²) in [6, 6.07) is 0. The van der Waals surface area contributed by atoms with Gasteiger partial charge in [0.25, 0.3) is 5.84 Å². The highest BCUT2D eigenvalue weighted by Gasteiger charge is 2.36. The van der Waals surface area contributed by atoms with E-state index in [1.807, 2.05) is 20.0 Å². The second-order valence-electron chi connectivity index (χ2n) is 2.70. The minimum Gasteiger partial charge on any atom is -0.229 e. The van der Waals surface area contributed by atoms with Crippen molar-refractivity contribution in [3.8, 4) is 0 Å². The number of allylic oxidation sites excluding steroid dienone is 1. The summed E-state index contributed by atoms with van der Waals surface area (Å²) in [6.45, 7) is 2.01. The van der Waals surface area contributed by atoms with Crippen molar-refractivity contribution in [2.45, 2.75) is 6.92 Å². The normalized spacial score (nSPS) is 35.0. The maximum Gasteiger partial charge on any atom is 0.279 e. The third-order valence-electron chi connectivity index (χ3n) is 1.67. The molecule has 4 nitrogen and oxygen atoms in total. The molecule has 0 aromatic carbocycles. The van der Waals surface area contributed by atoms with Crippen LogP contribution in [0.3, 0.4) is 0 Å². The highest BCUT2D eigenvalue weighted by atomic mass is 15.7. The first-order valence-corrected chi connectivity index (χ1v) is 3.16. The van der Waals surface area contributed by atoms with E-state index in [-0.39, 0.29) is 0 Å². The van der Waals surface area contributed by atoms with E-state index in [2.05, 4.69) is 15.6 Å². The molecule has 4 heteroatoms. The Labute approximate surface area is 59.1 Å². The van der Waals surface area contributed by atoms with E-state index in [9.17, 15) is 0 Å². The van der Waals surface area contributed by atoms with Gasteiger partial charge < -0.3 is 0 Å². The average Bonchev–Trinajstić information content (AvgIpc) is 2.20. The first-order chi connectivity index (χ1) is 4.71. The van der Waals surface area contributed by atoms with Gasteiger partial charge in [-0.25, -0.2) is 5.43 Å². The summed E-state index contributed by atoms with van der Waals surface area (Å²) in [5.41, 5.74) is 4.34. The quantitative estimate of drug-likeness (QED) is 0.476. The van der Waals surface area contributed by atoms with Gasteiger partial charge in [-0.05, 0) is 6.92 Å². The third kappa shape index (κ3) is 0.537. The van der Waals surface area contributed by atoms with E-state index in [1.54, 1.807) is 6.34 Å². The summed E-state index contributed by atoms with van der Waals surface area (Å²) in [5.74, 6) is 0.956. The van der Waals surface area contributed by atoms with Crippen LogP contribution in [-0.2, 0) is 0 Å². The minimum atomic E-state index is 0.520. The van der Waals surface area contributed by atoms with Crippen LogP contribution in [0.5, 0.6) is 0 Å². The van der Waals surface area contributed by atoms with E-state index >= 15 is 0 Å². The Balaban J connectivity index is 2.44. The van der Waals surface area contributed by atoms with Gasteiger partial charge in [-0.3, -0.25) is 0 Å². The standard InChI is InChI=1S/C6H9N4/c1-5-3-6-8-7-4-10(6,2)9-5/h3-4,9H,1-2H3/q+1. The van der Waals surface area contributed by atoms with Crippen molar-refractivity contribution in [3.63, 3.8) is 0 Å². The summed E-state index contributed by atoms with van der Waals surface area (Å²) in [7, 11) is 2.00. The minimum absolute atomic E-state index is 0.520. The van der Waals surface area contributed by atoms with Crippen molar-refractivity contribution < 1.29 is 4.59 Å². The Bertz CT molecular complexity index is 263. The maximum absolute atomic E-state index is 3.94. The molecule has 0 aromatic rings. The van der Waals surface area contributed by atoms with Crippen molar-refractivity contribution in [2.24, 2.45) is 10.2 Å². The number of hydrogen-bond donors (Lipinski definition) is 1. The van der Waals surface area contributed by atoms with E-state index < -0.39 is 0 Å². The van der Waals surface area contributed by atoms with Gasteiger partial charge in [0.1, 0.15) is 7.05 Å². The Morgan fingerprint density at radius 3 is 3.10 bits per heavy atom. The molecule has 1 unspecified atom stereocenters. The second kappa shape index (κ2) is 1.46. The van der Waals surface area contributed by atoms with Crippen molar-refractivity contribution in [2.75, 3.05) is 7.05 Å². The van der Waals surface area contributed by atoms with Gasteiger partial charge in [0.15, 0.2) is 0 Å². The number of amidine groups is 1. The number of nitrogens with zero attached hydrogens (tertiary/aromatic N) is 3. The van der Waals surface area contributed by atoms with Crippen LogP contribution >= 0.6 is 0 Å². The Kier molecular flexibility index (Phi) is 0.820. The maximum atomic E-state index is 3.94. The summed E-state index contributed by atoms with van der Waals surface area (Å²) >= 11 is 0. The number of fused-ring (bicyclic) bond motifs is 1. The summed E-state index contributed by atoms with van der Waals surface area (Å²) in [6.07, 6.45) is 3.76. The summed E-state index contributed by atoms with van der Waals surface area (Å²) < 4.78 is 0.520. The zero-order valence-corrected chi connectivity index (χ0v) is 6.00. The van der Waals surface area contributed by atoms with Crippen molar-refractivity contribution in [1.82, 2.24) is 5.43 Å². The molecule has 2 aliphatic heterocycles. The number of rotatable bonds is 0. The van der Waals surface area contributed by atoms with Crippen molar-refractivity contribution >= 4 is 12.2 Å². The van der Waals surface area contributed by atoms with Gasteiger partial charge >= 0.3 is 0 Å². The van der Waals surface area contributed by atoms with Crippen LogP contribution in [0, 0.1) is 0 Å². The predicted octanol–water partition coefficient (Wildman–Crippen LogP) is 0.210. The van der Waals surface area contributed by atoms with Gasteiger partial charge in [-0.1, -0.05) is 10.2 Å². The lowest BCUT2D eigenvalue weighted by Crippen LogP contribution is -2.50. The van der Waals surface area contributed by atoms with Crippen LogP contribution in [-0.4, -0.2) is 23.8 Å². The lowest BCUT2D eigenvalue weighted by molar-refractivity contribution is -0.755. The molecule has 0 spiro atoms. The Morgan fingerprint density at radius 1 is 1.60 bits per heavy atom. The SMILES string of the molecule is CC1=CC2=NN=C[N+]2(C)N1. The van der Waals surface area contributed by atoms with Crippen LogP contribution in [0.1, 0.15) is 6.92 Å². The van der Waals surface area contributed by atoms with E-state index in [4.69, 9.17) is 0 Å². The van der Waals surface area contributed by atoms with Crippen LogP contribution in [0.25, 0.3) is 0 Å². The molecule has 0 saturated carbocycles. The topological polar surface area (TPSA) is 36.8 Å². The third-order valence-corrected chi connectivity index (χ3v) is 1.67. The average molecular weight is 137 g/mol. The highest BCUT2D eigenvalue weighted by molar-refractivity contribution is 5.95. The zero-order valence-electron chi connectivity index (χ0n) is 6.00. The zero-order chi connectivity index (χ0) is 7.19. The van der Waals surface area contributed by atoms with Crippen LogP contribution in [0.2, 0.25) is 0 Å². The molecule has 52 valence electrons. The molecular formula is C6H9N4+. The first kappa shape index (κ1) is 5.61. The molecule has 1 atom stereocenters. The van der Waals surface area contributed by atoms with Crippen molar-refractivity contribution in [1.29, 1.82) is 0 Å². The molecule has 2 aliphatic rings. The molecule has 2 rings (SSSR count). The number of likely N-dealkylation sites (N-methyl/N-ethyl adjacent to an activating group) is 1. The van der Waals surface area contributed by atoms with Crippen LogP contribution < -0.4 is 5.43 Å². The number of hydrogen-bond acceptors (Lipinski definition) is 3. The van der Waals surface area contributed by atoms with Crippen LogP contribution in [0.15, 0.2) is 22.0 Å². The number of quaternary nitrogens is 1. The molecular weight excluding hydrogens is 128 g/mol. The lowest BCUT2D eigenvalue weighted by Gasteiger charge is -2.18. The molecule has 1 N–H and O–H groups in total. The fourth-order valence-electron chi connectivity index (χ4n) is 1.18. The summed E-state index contributed by atoms with van der Waals surface area (Å²) in [5, 5.41) is 7.74. The van der Waals surface area contributed by atoms with Crippen molar-refractivity contribution in [3.05, 3.63) is 11.8 Å². The lowest BCUT2D eigenvalue weighted by atomic mass is 10.4. The molecule has 0 amide bonds. The number of nitrogens with one attached hydrogen (secondary N) is 1. The molecule has 2 heterocycles. The molecule has 0 fully saturated rings. The molecule has 0 radical (unpaired) electrons. The van der Waals surface area contributed by atoms with Gasteiger partial charge in [-0.2, -0.15) is 0 Å². The second-order valence-corrected chi connectivity index (χ2v) is 2.70. The van der Waals surface area contributed by atoms with Gasteiger partial charge in [0.05, 0.1) is 5.70 Å². The smallest absolute Gasteiger partial charge is 0.229 e. The van der Waals surface area contributed by atoms with E-state index in [0.29, 0.717) is 4.59 Å². The fraction of sp³-hybridized carbons (Fsp3) is 0.333. The highest BCUT2D eigenvalue weighted by Crippen LogP contribution is 2.14.